The average Bonchev–Trinajstić information content (AvgIpc) is 1.86. The van der Waals surface area contributed by atoms with Crippen molar-refractivity contribution >= 4 is 32.4 Å². The molecule has 1 rings (SSSR count). The first kappa shape index (κ1) is 8.85. The summed E-state index contributed by atoms with van der Waals surface area (Å²) < 4.78 is 22.3. The molecule has 60 valence electrons. The molecule has 0 radical (unpaired) electrons. The number of hydrogen-bond acceptors (Lipinski definition) is 4. The summed E-state index contributed by atoms with van der Waals surface area (Å²) >= 11 is 1.93. The second-order valence-corrected chi connectivity index (χ2v) is 4.95. The number of hydrogen-bond donors (Lipinski definition) is 0. The third kappa shape index (κ3) is 2.37. The van der Waals surface area contributed by atoms with Gasteiger partial charge >= 0.3 is 0 Å². The summed E-state index contributed by atoms with van der Waals surface area (Å²) in [6, 6.07) is 1.63. The van der Waals surface area contributed by atoms with Gasteiger partial charge < -0.3 is 0 Å². The summed E-state index contributed by atoms with van der Waals surface area (Å²) in [5.41, 5.74) is 0. The van der Waals surface area contributed by atoms with Crippen molar-refractivity contribution in [2.24, 2.45) is 0 Å². The van der Waals surface area contributed by atoms with Crippen LogP contribution in [0.1, 0.15) is 0 Å². The molecular formula is C5H5IN2O2S. The Morgan fingerprint density at radius 3 is 2.55 bits per heavy atom. The summed E-state index contributed by atoms with van der Waals surface area (Å²) in [5, 5.41) is -0.121. The molecule has 0 aliphatic rings. The van der Waals surface area contributed by atoms with Crippen LogP contribution >= 0.6 is 22.6 Å². The maximum absolute atomic E-state index is 10.9. The first-order chi connectivity index (χ1) is 5.00. The molecule has 0 atom stereocenters. The Bertz CT molecular complexity index is 363. The van der Waals surface area contributed by atoms with Crippen molar-refractivity contribution in [3.05, 3.63) is 16.0 Å². The molecule has 0 unspecified atom stereocenters. The molecule has 0 bridgehead atoms. The van der Waals surface area contributed by atoms with E-state index in [0.717, 1.165) is 6.26 Å². The van der Waals surface area contributed by atoms with Crippen LogP contribution in [0, 0.1) is 3.70 Å². The van der Waals surface area contributed by atoms with E-state index in [9.17, 15) is 8.42 Å². The van der Waals surface area contributed by atoms with Crippen molar-refractivity contribution in [3.8, 4) is 0 Å². The zero-order valence-corrected chi connectivity index (χ0v) is 8.63. The smallest absolute Gasteiger partial charge is 0.227 e. The van der Waals surface area contributed by atoms with Crippen LogP contribution in [0.5, 0.6) is 0 Å². The Balaban J connectivity index is 3.28. The fraction of sp³-hybridized carbons (Fsp3) is 0.200. The molecule has 0 amide bonds. The normalized spacial score (nSPS) is 11.5. The second kappa shape index (κ2) is 3.02. The number of rotatable bonds is 1. The Labute approximate surface area is 78.1 Å². The van der Waals surface area contributed by atoms with Gasteiger partial charge in [-0.3, -0.25) is 0 Å². The number of nitrogens with zero attached hydrogens (tertiary/aromatic N) is 2. The minimum atomic E-state index is -3.25. The van der Waals surface area contributed by atoms with Crippen LogP contribution in [0.4, 0.5) is 0 Å². The predicted octanol–water partition coefficient (Wildman–Crippen LogP) is 0.485. The van der Waals surface area contributed by atoms with Crippen molar-refractivity contribution in [2.75, 3.05) is 6.26 Å². The molecule has 4 nitrogen and oxygen atoms in total. The lowest BCUT2D eigenvalue weighted by Gasteiger charge is -1.94. The highest BCUT2D eigenvalue weighted by molar-refractivity contribution is 14.1. The van der Waals surface area contributed by atoms with Gasteiger partial charge in [0.25, 0.3) is 0 Å². The first-order valence-electron chi connectivity index (χ1n) is 2.69. The van der Waals surface area contributed by atoms with E-state index in [4.69, 9.17) is 0 Å². The van der Waals surface area contributed by atoms with Crippen LogP contribution in [0.15, 0.2) is 17.4 Å². The fourth-order valence-electron chi connectivity index (χ4n) is 0.499. The minimum absolute atomic E-state index is 0.121. The zero-order chi connectivity index (χ0) is 8.48. The lowest BCUT2D eigenvalue weighted by molar-refractivity contribution is 0.592. The van der Waals surface area contributed by atoms with Crippen molar-refractivity contribution < 1.29 is 8.42 Å². The summed E-state index contributed by atoms with van der Waals surface area (Å²) in [6.07, 6.45) is 2.50. The maximum Gasteiger partial charge on any atom is 0.247 e. The fourth-order valence-corrected chi connectivity index (χ4v) is 1.57. The number of sulfone groups is 1. The highest BCUT2D eigenvalue weighted by Gasteiger charge is 2.09. The van der Waals surface area contributed by atoms with Gasteiger partial charge in [-0.2, -0.15) is 0 Å². The molecular weight excluding hydrogens is 279 g/mol. The van der Waals surface area contributed by atoms with Crippen LogP contribution in [0.25, 0.3) is 0 Å². The van der Waals surface area contributed by atoms with E-state index in [2.05, 4.69) is 9.97 Å². The Morgan fingerprint density at radius 2 is 2.18 bits per heavy atom. The van der Waals surface area contributed by atoms with Crippen molar-refractivity contribution in [1.82, 2.24) is 9.97 Å². The molecule has 0 saturated carbocycles. The van der Waals surface area contributed by atoms with Gasteiger partial charge in [0, 0.05) is 12.5 Å². The largest absolute Gasteiger partial charge is 0.247 e. The quantitative estimate of drug-likeness (QED) is 0.427. The van der Waals surface area contributed by atoms with E-state index in [1.807, 2.05) is 22.6 Å². The molecule has 0 fully saturated rings. The summed E-state index contributed by atoms with van der Waals surface area (Å²) in [7, 11) is -3.25. The van der Waals surface area contributed by atoms with Crippen LogP contribution in [0.2, 0.25) is 0 Å². The number of aromatic nitrogens is 2. The van der Waals surface area contributed by atoms with E-state index in [0.29, 0.717) is 3.70 Å². The van der Waals surface area contributed by atoms with Gasteiger partial charge in [0.2, 0.25) is 15.0 Å². The van der Waals surface area contributed by atoms with Crippen LogP contribution in [-0.2, 0) is 9.84 Å². The lowest BCUT2D eigenvalue weighted by atomic mass is 10.7. The van der Waals surface area contributed by atoms with Gasteiger partial charge in [-0.15, -0.1) is 0 Å². The van der Waals surface area contributed by atoms with Gasteiger partial charge in [0.15, 0.2) is 0 Å². The lowest BCUT2D eigenvalue weighted by Crippen LogP contribution is -2.03. The van der Waals surface area contributed by atoms with Crippen molar-refractivity contribution in [2.45, 2.75) is 5.16 Å². The van der Waals surface area contributed by atoms with E-state index in [1.165, 1.54) is 6.20 Å². The van der Waals surface area contributed by atoms with E-state index in [-0.39, 0.29) is 5.16 Å². The van der Waals surface area contributed by atoms with Gasteiger partial charge in [-0.05, 0) is 28.7 Å². The molecule has 0 aliphatic heterocycles. The Kier molecular flexibility index (Phi) is 2.43. The van der Waals surface area contributed by atoms with Gasteiger partial charge in [0.05, 0.1) is 0 Å². The molecule has 11 heavy (non-hydrogen) atoms. The van der Waals surface area contributed by atoms with Crippen LogP contribution in [-0.4, -0.2) is 24.6 Å². The molecule has 1 aromatic heterocycles. The third-order valence-corrected chi connectivity index (χ3v) is 2.39. The molecule has 0 aliphatic carbocycles. The van der Waals surface area contributed by atoms with Crippen molar-refractivity contribution in [3.63, 3.8) is 0 Å². The Hall–Kier alpha value is -0.240. The van der Waals surface area contributed by atoms with Gasteiger partial charge in [-0.1, -0.05) is 0 Å². The van der Waals surface area contributed by atoms with E-state index in [1.54, 1.807) is 6.07 Å². The Morgan fingerprint density at radius 1 is 1.55 bits per heavy atom. The third-order valence-electron chi connectivity index (χ3n) is 0.931. The van der Waals surface area contributed by atoms with Gasteiger partial charge in [0.1, 0.15) is 3.70 Å². The molecule has 0 N–H and O–H groups in total. The molecule has 1 heterocycles. The standard InChI is InChI=1S/C5H5IN2O2S/c1-11(9,10)5-7-3-2-4(6)8-5/h2-3H,1H3. The number of halogens is 1. The summed E-state index contributed by atoms with van der Waals surface area (Å²) in [5.74, 6) is 0. The highest BCUT2D eigenvalue weighted by Crippen LogP contribution is 2.03. The summed E-state index contributed by atoms with van der Waals surface area (Å²) in [4.78, 5) is 7.34. The topological polar surface area (TPSA) is 59.9 Å². The molecule has 0 spiro atoms. The molecule has 0 saturated heterocycles. The van der Waals surface area contributed by atoms with E-state index < -0.39 is 9.84 Å². The minimum Gasteiger partial charge on any atom is -0.227 e. The maximum atomic E-state index is 10.9. The van der Waals surface area contributed by atoms with Crippen molar-refractivity contribution in [1.29, 1.82) is 0 Å². The molecule has 0 aromatic carbocycles. The predicted molar refractivity (Wildman–Crippen MR) is 47.9 cm³/mol. The molecule has 1 aromatic rings. The van der Waals surface area contributed by atoms with Crippen LogP contribution in [0.3, 0.4) is 0 Å². The SMILES string of the molecule is CS(=O)(=O)c1nccc(I)n1. The molecule has 6 heteroatoms. The second-order valence-electron chi connectivity index (χ2n) is 1.93. The van der Waals surface area contributed by atoms with Crippen LogP contribution < -0.4 is 0 Å². The highest BCUT2D eigenvalue weighted by atomic mass is 127. The zero-order valence-electron chi connectivity index (χ0n) is 5.65. The first-order valence-corrected chi connectivity index (χ1v) is 5.66. The monoisotopic (exact) mass is 284 g/mol. The van der Waals surface area contributed by atoms with Gasteiger partial charge in [-0.25, -0.2) is 18.4 Å². The average molecular weight is 284 g/mol. The van der Waals surface area contributed by atoms with E-state index >= 15 is 0 Å². The summed E-state index contributed by atoms with van der Waals surface area (Å²) in [6.45, 7) is 0.